The van der Waals surface area contributed by atoms with E-state index in [4.69, 9.17) is 19.9 Å². The van der Waals surface area contributed by atoms with E-state index in [1.165, 1.54) is 25.3 Å². The normalized spacial score (nSPS) is 30.8. The minimum Gasteiger partial charge on any atom is -0.507 e. The van der Waals surface area contributed by atoms with Gasteiger partial charge in [-0.25, -0.2) is 0 Å². The van der Waals surface area contributed by atoms with Gasteiger partial charge in [-0.2, -0.15) is 0 Å². The Hall–Kier alpha value is -3.10. The molecule has 0 saturated carbocycles. The number of carbonyl (C=O) groups excluding carboxylic acids is 2. The van der Waals surface area contributed by atoms with Crippen LogP contribution in [0.4, 0.5) is 0 Å². The highest BCUT2D eigenvalue weighted by atomic mass is 16.7. The predicted molar refractivity (Wildman–Crippen MR) is 133 cm³/mol. The predicted octanol–water partition coefficient (Wildman–Crippen LogP) is -0.207. The molecule has 0 radical (unpaired) electrons. The Morgan fingerprint density at radius 2 is 1.85 bits per heavy atom. The molecule has 0 spiro atoms. The Morgan fingerprint density at radius 3 is 2.49 bits per heavy atom. The van der Waals surface area contributed by atoms with Gasteiger partial charge in [0.2, 0.25) is 5.78 Å². The van der Waals surface area contributed by atoms with Crippen LogP contribution in [0.3, 0.4) is 0 Å². The van der Waals surface area contributed by atoms with Crippen LogP contribution in [0.1, 0.15) is 68.8 Å². The number of ketones is 2. The minimum atomic E-state index is -2.05. The number of hydrogen-bond acceptors (Lipinski definition) is 12. The van der Waals surface area contributed by atoms with E-state index in [9.17, 15) is 40.2 Å². The number of fused-ring (bicyclic) bond motifs is 3. The highest BCUT2D eigenvalue weighted by molar-refractivity contribution is 6.31. The maximum atomic E-state index is 13.7. The van der Waals surface area contributed by atoms with Gasteiger partial charge in [0, 0.05) is 42.0 Å². The second-order valence-electron chi connectivity index (χ2n) is 10.3. The molecule has 1 aliphatic heterocycles. The molecule has 5 rings (SSSR count). The molecule has 0 amide bonds. The smallest absolute Gasteiger partial charge is 0.202 e. The maximum absolute atomic E-state index is 13.7. The summed E-state index contributed by atoms with van der Waals surface area (Å²) in [6, 6.07) is 3.69. The molecule has 0 bridgehead atoms. The lowest BCUT2D eigenvalue weighted by atomic mass is 9.71. The van der Waals surface area contributed by atoms with Crippen molar-refractivity contribution in [2.75, 3.05) is 13.7 Å². The fourth-order valence-corrected chi connectivity index (χ4v) is 5.84. The van der Waals surface area contributed by atoms with E-state index in [1.807, 2.05) is 0 Å². The highest BCUT2D eigenvalue weighted by Crippen LogP contribution is 2.52. The molecule has 2 aliphatic carbocycles. The standard InChI is InChI=1S/C27H31NO11/c1-10-22(31)13(28)6-17(38-10)39-15-8-27(36,16(30)9-29)7-12-19(15)26(35)21-20(24(12)33)23(32)11-4-3-5-14(37-2)18(11)25(21)34/h3-5,10,13,15-17,22,29-31,33,35-36H,6-9,28H2,1-2H3/t10-,13+,15-,16?,17-,22-,27-/m0/s1. The topological polar surface area (TPSA) is 209 Å². The number of ether oxygens (including phenoxy) is 3. The first-order chi connectivity index (χ1) is 18.4. The van der Waals surface area contributed by atoms with Gasteiger partial charge in [0.05, 0.1) is 54.3 Å². The summed E-state index contributed by atoms with van der Waals surface area (Å²) in [6.45, 7) is 0.768. The number of carbonyl (C=O) groups is 2. The first kappa shape index (κ1) is 27.5. The fraction of sp³-hybridized carbons (Fsp3) is 0.481. The minimum absolute atomic E-state index is 0.0343. The molecule has 2 aromatic rings. The first-order valence-electron chi connectivity index (χ1n) is 12.6. The van der Waals surface area contributed by atoms with Gasteiger partial charge in [-0.3, -0.25) is 9.59 Å². The zero-order valence-electron chi connectivity index (χ0n) is 21.3. The quantitative estimate of drug-likeness (QED) is 0.208. The summed E-state index contributed by atoms with van der Waals surface area (Å²) in [5.74, 6) is -2.68. The monoisotopic (exact) mass is 545 g/mol. The van der Waals surface area contributed by atoms with Crippen molar-refractivity contribution in [2.45, 2.75) is 68.5 Å². The Labute approximate surface area is 223 Å². The number of rotatable bonds is 5. The zero-order chi connectivity index (χ0) is 28.4. The second-order valence-corrected chi connectivity index (χ2v) is 10.3. The molecule has 12 nitrogen and oxygen atoms in total. The summed E-state index contributed by atoms with van der Waals surface area (Å²) in [7, 11) is 1.33. The van der Waals surface area contributed by atoms with Crippen LogP contribution in [0.25, 0.3) is 0 Å². The van der Waals surface area contributed by atoms with Gasteiger partial charge < -0.3 is 50.6 Å². The van der Waals surface area contributed by atoms with Gasteiger partial charge in [0.15, 0.2) is 12.1 Å². The van der Waals surface area contributed by atoms with Crippen LogP contribution < -0.4 is 10.5 Å². The lowest BCUT2D eigenvalue weighted by Gasteiger charge is -2.44. The number of nitrogens with two attached hydrogens (primary N) is 1. The molecule has 1 heterocycles. The van der Waals surface area contributed by atoms with Crippen molar-refractivity contribution < 1.29 is 54.4 Å². The van der Waals surface area contributed by atoms with Gasteiger partial charge in [-0.05, 0) is 13.0 Å². The SMILES string of the molecule is COc1cccc2c1C(=O)c1c(O)c3c(c(O)c1C2=O)C[C@@](O)(C(O)CO)C[C@@H]3O[C@H]1C[C@@H](N)[C@@H](O)[C@H](C)O1. The van der Waals surface area contributed by atoms with Gasteiger partial charge in [-0.15, -0.1) is 0 Å². The van der Waals surface area contributed by atoms with Crippen LogP contribution in [-0.2, 0) is 15.9 Å². The van der Waals surface area contributed by atoms with E-state index >= 15 is 0 Å². The molecule has 1 saturated heterocycles. The number of aromatic hydroxyl groups is 2. The maximum Gasteiger partial charge on any atom is 0.202 e. The molecule has 3 aliphatic rings. The van der Waals surface area contributed by atoms with Crippen LogP contribution >= 0.6 is 0 Å². The molecule has 0 aromatic heterocycles. The van der Waals surface area contributed by atoms with E-state index < -0.39 is 89.6 Å². The summed E-state index contributed by atoms with van der Waals surface area (Å²) in [4.78, 5) is 27.2. The number of aliphatic hydroxyl groups is 4. The molecule has 12 heteroatoms. The van der Waals surface area contributed by atoms with Crippen molar-refractivity contribution in [3.63, 3.8) is 0 Å². The number of phenols is 2. The first-order valence-corrected chi connectivity index (χ1v) is 12.6. The highest BCUT2D eigenvalue weighted by Gasteiger charge is 2.50. The Bertz CT molecular complexity index is 1330. The van der Waals surface area contributed by atoms with Crippen molar-refractivity contribution in [3.05, 3.63) is 51.6 Å². The fourth-order valence-electron chi connectivity index (χ4n) is 5.84. The summed E-state index contributed by atoms with van der Waals surface area (Å²) in [5, 5.41) is 64.4. The second kappa shape index (κ2) is 9.82. The Morgan fingerprint density at radius 1 is 1.15 bits per heavy atom. The van der Waals surface area contributed by atoms with E-state index in [0.717, 1.165) is 0 Å². The number of hydrogen-bond donors (Lipinski definition) is 7. The van der Waals surface area contributed by atoms with E-state index in [0.29, 0.717) is 0 Å². The van der Waals surface area contributed by atoms with Gasteiger partial charge in [0.25, 0.3) is 0 Å². The number of phenolic OH excluding ortho intramolecular Hbond substituents is 2. The Balaban J connectivity index is 1.68. The van der Waals surface area contributed by atoms with E-state index in [1.54, 1.807) is 6.92 Å². The summed E-state index contributed by atoms with van der Waals surface area (Å²) in [6.07, 6.45) is -6.45. The van der Waals surface area contributed by atoms with Crippen molar-refractivity contribution in [3.8, 4) is 17.2 Å². The van der Waals surface area contributed by atoms with Crippen molar-refractivity contribution in [1.82, 2.24) is 0 Å². The number of benzene rings is 2. The largest absolute Gasteiger partial charge is 0.507 e. The third-order valence-electron chi connectivity index (χ3n) is 7.97. The summed E-state index contributed by atoms with van der Waals surface area (Å²) >= 11 is 0. The zero-order valence-corrected chi connectivity index (χ0v) is 21.3. The van der Waals surface area contributed by atoms with Crippen molar-refractivity contribution in [1.29, 1.82) is 0 Å². The van der Waals surface area contributed by atoms with Crippen LogP contribution in [0.2, 0.25) is 0 Å². The molecule has 39 heavy (non-hydrogen) atoms. The van der Waals surface area contributed by atoms with Crippen molar-refractivity contribution in [2.24, 2.45) is 5.73 Å². The average Bonchev–Trinajstić information content (AvgIpc) is 2.90. The lowest BCUT2D eigenvalue weighted by molar-refractivity contribution is -0.251. The molecule has 7 atom stereocenters. The van der Waals surface area contributed by atoms with E-state index in [2.05, 4.69) is 0 Å². The van der Waals surface area contributed by atoms with Gasteiger partial charge in [0.1, 0.15) is 23.4 Å². The molecule has 1 fully saturated rings. The molecule has 2 aromatic carbocycles. The summed E-state index contributed by atoms with van der Waals surface area (Å²) in [5.41, 5.74) is 2.77. The van der Waals surface area contributed by atoms with Crippen LogP contribution in [0.15, 0.2) is 18.2 Å². The summed E-state index contributed by atoms with van der Waals surface area (Å²) < 4.78 is 17.1. The molecule has 8 N–H and O–H groups in total. The lowest BCUT2D eigenvalue weighted by Crippen LogP contribution is -2.53. The Kier molecular flexibility index (Phi) is 6.92. The van der Waals surface area contributed by atoms with Crippen LogP contribution in [-0.4, -0.2) is 92.2 Å². The molecule has 210 valence electrons. The van der Waals surface area contributed by atoms with Gasteiger partial charge >= 0.3 is 0 Å². The van der Waals surface area contributed by atoms with Gasteiger partial charge in [-0.1, -0.05) is 12.1 Å². The third-order valence-corrected chi connectivity index (χ3v) is 7.97. The van der Waals surface area contributed by atoms with Crippen LogP contribution in [0, 0.1) is 0 Å². The van der Waals surface area contributed by atoms with Crippen molar-refractivity contribution >= 4 is 11.6 Å². The molecular weight excluding hydrogens is 514 g/mol. The number of methoxy groups -OCH3 is 1. The number of aliphatic hydroxyl groups excluding tert-OH is 3. The van der Waals surface area contributed by atoms with Crippen LogP contribution in [0.5, 0.6) is 17.2 Å². The van der Waals surface area contributed by atoms with E-state index in [-0.39, 0.29) is 40.8 Å². The molecule has 1 unspecified atom stereocenters. The average molecular weight is 546 g/mol. The third kappa shape index (κ3) is 4.19. The molecular formula is C27H31NO11.